The lowest BCUT2D eigenvalue weighted by atomic mass is 10.4. The van der Waals surface area contributed by atoms with Crippen LogP contribution in [0.1, 0.15) is 23.6 Å². The van der Waals surface area contributed by atoms with Crippen LogP contribution >= 0.6 is 11.3 Å². The summed E-state index contributed by atoms with van der Waals surface area (Å²) in [6, 6.07) is 1.66. The molecule has 0 amide bonds. The number of rotatable bonds is 7. The van der Waals surface area contributed by atoms with E-state index in [2.05, 4.69) is 0 Å². The minimum atomic E-state index is -3.45. The van der Waals surface area contributed by atoms with Crippen molar-refractivity contribution in [2.45, 2.75) is 38.3 Å². The van der Waals surface area contributed by atoms with Crippen LogP contribution in [-0.2, 0) is 21.3 Å². The Morgan fingerprint density at radius 3 is 2.58 bits per heavy atom. The van der Waals surface area contributed by atoms with Crippen molar-refractivity contribution in [3.8, 4) is 0 Å². The Hall–Kier alpha value is -0.470. The zero-order valence-corrected chi connectivity index (χ0v) is 13.5. The molecule has 0 aliphatic heterocycles. The standard InChI is InChI=1S/C12H22N2O3S2/c1-9(2)17-6-5-14(4)19(15,16)12-7-11(8-13)18-10(12)3/h7,9H,5-6,8,13H2,1-4H3. The topological polar surface area (TPSA) is 72.6 Å². The van der Waals surface area contributed by atoms with Crippen LogP contribution in [0.15, 0.2) is 11.0 Å². The van der Waals surface area contributed by atoms with Gasteiger partial charge in [-0.2, -0.15) is 4.31 Å². The fourth-order valence-electron chi connectivity index (χ4n) is 1.59. The van der Waals surface area contributed by atoms with E-state index in [1.165, 1.54) is 15.6 Å². The van der Waals surface area contributed by atoms with Gasteiger partial charge in [-0.25, -0.2) is 8.42 Å². The molecule has 0 saturated carbocycles. The van der Waals surface area contributed by atoms with Crippen LogP contribution in [0.4, 0.5) is 0 Å². The van der Waals surface area contributed by atoms with Gasteiger partial charge in [0.25, 0.3) is 0 Å². The fraction of sp³-hybridized carbons (Fsp3) is 0.667. The fourth-order valence-corrected chi connectivity index (χ4v) is 4.22. The smallest absolute Gasteiger partial charge is 0.244 e. The zero-order valence-electron chi connectivity index (χ0n) is 11.8. The molecule has 0 saturated heterocycles. The molecule has 0 aromatic carbocycles. The first-order chi connectivity index (χ1) is 8.78. The van der Waals surface area contributed by atoms with Gasteiger partial charge >= 0.3 is 0 Å². The Balaban J connectivity index is 2.81. The average Bonchev–Trinajstić information content (AvgIpc) is 2.70. The predicted octanol–water partition coefficient (Wildman–Crippen LogP) is 1.56. The SMILES string of the molecule is Cc1sc(CN)cc1S(=O)(=O)N(C)CCOC(C)C. The molecular formula is C12H22N2O3S2. The van der Waals surface area contributed by atoms with Crippen LogP contribution in [0.2, 0.25) is 0 Å². The molecule has 2 N–H and O–H groups in total. The summed E-state index contributed by atoms with van der Waals surface area (Å²) < 4.78 is 31.5. The van der Waals surface area contributed by atoms with Crippen molar-refractivity contribution in [2.24, 2.45) is 5.73 Å². The molecule has 0 spiro atoms. The highest BCUT2D eigenvalue weighted by atomic mass is 32.2. The average molecular weight is 306 g/mol. The predicted molar refractivity (Wildman–Crippen MR) is 77.9 cm³/mol. The first-order valence-corrected chi connectivity index (χ1v) is 8.42. The maximum Gasteiger partial charge on any atom is 0.244 e. The number of hydrogen-bond donors (Lipinski definition) is 1. The Bertz CT molecular complexity index is 509. The van der Waals surface area contributed by atoms with E-state index < -0.39 is 10.0 Å². The van der Waals surface area contributed by atoms with Gasteiger partial charge in [0.15, 0.2) is 0 Å². The van der Waals surface area contributed by atoms with Crippen molar-refractivity contribution >= 4 is 21.4 Å². The van der Waals surface area contributed by atoms with Crippen LogP contribution in [-0.4, -0.2) is 39.0 Å². The molecule has 7 heteroatoms. The molecule has 0 fully saturated rings. The number of nitrogens with zero attached hydrogens (tertiary/aromatic N) is 1. The molecule has 1 aromatic heterocycles. The Labute approximate surface area is 119 Å². The summed E-state index contributed by atoms with van der Waals surface area (Å²) in [5.41, 5.74) is 5.55. The summed E-state index contributed by atoms with van der Waals surface area (Å²) in [6.07, 6.45) is 0.0998. The van der Waals surface area contributed by atoms with Crippen molar-refractivity contribution in [2.75, 3.05) is 20.2 Å². The minimum Gasteiger partial charge on any atom is -0.377 e. The zero-order chi connectivity index (χ0) is 14.6. The Kier molecular flexibility index (Phi) is 5.94. The summed E-state index contributed by atoms with van der Waals surface area (Å²) in [5, 5.41) is 0. The van der Waals surface area contributed by atoms with Gasteiger partial charge in [0.2, 0.25) is 10.0 Å². The third kappa shape index (κ3) is 4.25. The van der Waals surface area contributed by atoms with E-state index >= 15 is 0 Å². The Morgan fingerprint density at radius 1 is 1.47 bits per heavy atom. The number of hydrogen-bond acceptors (Lipinski definition) is 5. The largest absolute Gasteiger partial charge is 0.377 e. The van der Waals surface area contributed by atoms with Crippen molar-refractivity contribution in [1.29, 1.82) is 0 Å². The summed E-state index contributed by atoms with van der Waals surface area (Å²) in [7, 11) is -1.88. The van der Waals surface area contributed by atoms with E-state index in [9.17, 15) is 8.42 Å². The quantitative estimate of drug-likeness (QED) is 0.830. The second kappa shape index (κ2) is 6.81. The van der Waals surface area contributed by atoms with Crippen LogP contribution in [0.3, 0.4) is 0 Å². The first-order valence-electron chi connectivity index (χ1n) is 6.16. The van der Waals surface area contributed by atoms with Gasteiger partial charge in [0, 0.05) is 29.9 Å². The van der Waals surface area contributed by atoms with E-state index in [1.54, 1.807) is 20.0 Å². The van der Waals surface area contributed by atoms with Crippen molar-refractivity contribution in [3.05, 3.63) is 15.8 Å². The van der Waals surface area contributed by atoms with E-state index in [0.29, 0.717) is 24.6 Å². The van der Waals surface area contributed by atoms with Gasteiger partial charge < -0.3 is 10.5 Å². The van der Waals surface area contributed by atoms with Gasteiger partial charge in [-0.1, -0.05) is 0 Å². The molecule has 0 atom stereocenters. The number of nitrogens with two attached hydrogens (primary N) is 1. The molecule has 0 unspecified atom stereocenters. The number of likely N-dealkylation sites (N-methyl/N-ethyl adjacent to an activating group) is 1. The molecule has 0 aliphatic rings. The molecular weight excluding hydrogens is 284 g/mol. The van der Waals surface area contributed by atoms with Gasteiger partial charge in [-0.3, -0.25) is 0 Å². The molecule has 5 nitrogen and oxygen atoms in total. The third-order valence-corrected chi connectivity index (χ3v) is 5.86. The highest BCUT2D eigenvalue weighted by Gasteiger charge is 2.24. The number of sulfonamides is 1. The van der Waals surface area contributed by atoms with Crippen LogP contribution in [0.5, 0.6) is 0 Å². The van der Waals surface area contributed by atoms with E-state index in [4.69, 9.17) is 10.5 Å². The second-order valence-corrected chi connectivity index (χ2v) is 7.94. The Morgan fingerprint density at radius 2 is 2.11 bits per heavy atom. The number of aryl methyl sites for hydroxylation is 1. The van der Waals surface area contributed by atoms with Crippen molar-refractivity contribution in [3.63, 3.8) is 0 Å². The summed E-state index contributed by atoms with van der Waals surface area (Å²) in [5.74, 6) is 0. The maximum atomic E-state index is 12.4. The van der Waals surface area contributed by atoms with Gasteiger partial charge in [-0.15, -0.1) is 11.3 Å². The summed E-state index contributed by atoms with van der Waals surface area (Å²) >= 11 is 1.43. The maximum absolute atomic E-state index is 12.4. The number of thiophene rings is 1. The molecule has 0 bridgehead atoms. The monoisotopic (exact) mass is 306 g/mol. The second-order valence-electron chi connectivity index (χ2n) is 4.58. The van der Waals surface area contributed by atoms with E-state index in [0.717, 1.165) is 9.75 Å². The summed E-state index contributed by atoms with van der Waals surface area (Å²) in [6.45, 7) is 6.74. The number of ether oxygens (including phenoxy) is 1. The molecule has 0 aliphatic carbocycles. The lowest BCUT2D eigenvalue weighted by Crippen LogP contribution is -2.31. The van der Waals surface area contributed by atoms with Gasteiger partial charge in [0.1, 0.15) is 0 Å². The van der Waals surface area contributed by atoms with Crippen molar-refractivity contribution < 1.29 is 13.2 Å². The van der Waals surface area contributed by atoms with Crippen molar-refractivity contribution in [1.82, 2.24) is 4.31 Å². The molecule has 0 radical (unpaired) electrons. The van der Waals surface area contributed by atoms with Crippen LogP contribution in [0, 0.1) is 6.92 Å². The molecule has 1 aromatic rings. The van der Waals surface area contributed by atoms with Gasteiger partial charge in [-0.05, 0) is 26.8 Å². The first kappa shape index (κ1) is 16.6. The molecule has 110 valence electrons. The third-order valence-electron chi connectivity index (χ3n) is 2.67. The minimum absolute atomic E-state index is 0.0998. The molecule has 1 rings (SSSR count). The normalized spacial score (nSPS) is 12.6. The lowest BCUT2D eigenvalue weighted by molar-refractivity contribution is 0.0737. The highest BCUT2D eigenvalue weighted by molar-refractivity contribution is 7.89. The van der Waals surface area contributed by atoms with Gasteiger partial charge in [0.05, 0.1) is 17.6 Å². The van der Waals surface area contributed by atoms with Crippen LogP contribution < -0.4 is 5.73 Å². The molecule has 19 heavy (non-hydrogen) atoms. The highest BCUT2D eigenvalue weighted by Crippen LogP contribution is 2.27. The molecule has 1 heterocycles. The van der Waals surface area contributed by atoms with E-state index in [1.807, 2.05) is 13.8 Å². The van der Waals surface area contributed by atoms with E-state index in [-0.39, 0.29) is 6.10 Å². The van der Waals surface area contributed by atoms with Crippen LogP contribution in [0.25, 0.3) is 0 Å². The summed E-state index contributed by atoms with van der Waals surface area (Å²) in [4.78, 5) is 2.00. The lowest BCUT2D eigenvalue weighted by Gasteiger charge is -2.17.